The van der Waals surface area contributed by atoms with Gasteiger partial charge in [-0.3, -0.25) is 0 Å². The molecule has 0 atom stereocenters. The van der Waals surface area contributed by atoms with Gasteiger partial charge in [-0.2, -0.15) is 13.2 Å². The third-order valence-electron chi connectivity index (χ3n) is 2.75. The highest BCUT2D eigenvalue weighted by Gasteiger charge is 2.35. The standard InChI is InChI=1S/C14H8F4O2/c15-12-9(6-3-7-11(12)14(16,17)18)8-4-1-2-5-10(8)13(19)20/h1-7H,(H,19,20). The van der Waals surface area contributed by atoms with E-state index in [2.05, 4.69) is 0 Å². The second-order valence-electron chi connectivity index (χ2n) is 4.02. The topological polar surface area (TPSA) is 37.3 Å². The van der Waals surface area contributed by atoms with Crippen LogP contribution in [0.25, 0.3) is 11.1 Å². The Hall–Kier alpha value is -2.37. The van der Waals surface area contributed by atoms with Crippen LogP contribution < -0.4 is 0 Å². The summed E-state index contributed by atoms with van der Waals surface area (Å²) >= 11 is 0. The van der Waals surface area contributed by atoms with Gasteiger partial charge in [-0.25, -0.2) is 9.18 Å². The summed E-state index contributed by atoms with van der Waals surface area (Å²) in [6.07, 6.45) is -4.84. The van der Waals surface area contributed by atoms with E-state index in [4.69, 9.17) is 5.11 Å². The van der Waals surface area contributed by atoms with Crippen molar-refractivity contribution < 1.29 is 27.5 Å². The third kappa shape index (κ3) is 2.49. The van der Waals surface area contributed by atoms with Crippen molar-refractivity contribution in [2.75, 3.05) is 0 Å². The second-order valence-corrected chi connectivity index (χ2v) is 4.02. The largest absolute Gasteiger partial charge is 0.478 e. The van der Waals surface area contributed by atoms with Crippen LogP contribution in [0.15, 0.2) is 42.5 Å². The maximum Gasteiger partial charge on any atom is 0.419 e. The molecule has 0 aliphatic heterocycles. The average Bonchev–Trinajstić information content (AvgIpc) is 2.37. The first kappa shape index (κ1) is 14.0. The van der Waals surface area contributed by atoms with Crippen molar-refractivity contribution in [3.63, 3.8) is 0 Å². The number of alkyl halides is 3. The first-order valence-electron chi connectivity index (χ1n) is 5.51. The summed E-state index contributed by atoms with van der Waals surface area (Å²) in [6.45, 7) is 0. The molecule has 0 aliphatic carbocycles. The van der Waals surface area contributed by atoms with Gasteiger partial charge in [0.25, 0.3) is 0 Å². The van der Waals surface area contributed by atoms with Crippen LogP contribution >= 0.6 is 0 Å². The molecule has 2 aromatic rings. The van der Waals surface area contributed by atoms with Gasteiger partial charge in [-0.15, -0.1) is 0 Å². The van der Waals surface area contributed by atoms with Gasteiger partial charge in [-0.1, -0.05) is 30.3 Å². The molecule has 2 nitrogen and oxygen atoms in total. The normalized spacial score (nSPS) is 11.4. The first-order valence-corrected chi connectivity index (χ1v) is 5.51. The molecule has 1 N–H and O–H groups in total. The van der Waals surface area contributed by atoms with Gasteiger partial charge in [0.1, 0.15) is 5.82 Å². The molecule has 20 heavy (non-hydrogen) atoms. The van der Waals surface area contributed by atoms with Gasteiger partial charge in [0.2, 0.25) is 0 Å². The molecule has 2 rings (SSSR count). The van der Waals surface area contributed by atoms with E-state index in [1.54, 1.807) is 0 Å². The molecule has 0 aliphatic rings. The van der Waals surface area contributed by atoms with Gasteiger partial charge in [-0.05, 0) is 17.7 Å². The Bertz CT molecular complexity index is 662. The number of benzene rings is 2. The molecule has 0 bridgehead atoms. The monoisotopic (exact) mass is 284 g/mol. The Labute approximate surface area is 111 Å². The molecule has 104 valence electrons. The van der Waals surface area contributed by atoms with Crippen LogP contribution in [-0.4, -0.2) is 11.1 Å². The van der Waals surface area contributed by atoms with Gasteiger partial charge in [0, 0.05) is 5.56 Å². The number of hydrogen-bond donors (Lipinski definition) is 1. The summed E-state index contributed by atoms with van der Waals surface area (Å²) in [6, 6.07) is 8.09. The van der Waals surface area contributed by atoms with Crippen molar-refractivity contribution in [3.05, 3.63) is 59.4 Å². The lowest BCUT2D eigenvalue weighted by Gasteiger charge is -2.12. The highest BCUT2D eigenvalue weighted by atomic mass is 19.4. The molecule has 0 heterocycles. The zero-order valence-corrected chi connectivity index (χ0v) is 9.91. The number of hydrogen-bond acceptors (Lipinski definition) is 1. The highest BCUT2D eigenvalue weighted by Crippen LogP contribution is 2.36. The molecule has 0 saturated carbocycles. The Morgan fingerprint density at radius 3 is 2.15 bits per heavy atom. The lowest BCUT2D eigenvalue weighted by atomic mass is 9.97. The summed E-state index contributed by atoms with van der Waals surface area (Å²) in [5, 5.41) is 9.00. The van der Waals surface area contributed by atoms with Gasteiger partial charge >= 0.3 is 12.1 Å². The summed E-state index contributed by atoms with van der Waals surface area (Å²) in [5.41, 5.74) is -2.16. The van der Waals surface area contributed by atoms with Crippen LogP contribution in [0.5, 0.6) is 0 Å². The predicted octanol–water partition coefficient (Wildman–Crippen LogP) is 4.21. The maximum absolute atomic E-state index is 14.0. The Morgan fingerprint density at radius 2 is 1.55 bits per heavy atom. The van der Waals surface area contributed by atoms with Crippen molar-refractivity contribution in [1.29, 1.82) is 0 Å². The van der Waals surface area contributed by atoms with Gasteiger partial charge in [0.05, 0.1) is 11.1 Å². The summed E-state index contributed by atoms with van der Waals surface area (Å²) in [4.78, 5) is 11.0. The fourth-order valence-corrected chi connectivity index (χ4v) is 1.86. The van der Waals surface area contributed by atoms with Crippen LogP contribution in [0, 0.1) is 5.82 Å². The fourth-order valence-electron chi connectivity index (χ4n) is 1.86. The second kappa shape index (κ2) is 4.96. The van der Waals surface area contributed by atoms with Crippen molar-refractivity contribution >= 4 is 5.97 Å². The molecule has 2 aromatic carbocycles. The third-order valence-corrected chi connectivity index (χ3v) is 2.75. The number of rotatable bonds is 2. The quantitative estimate of drug-likeness (QED) is 0.839. The van der Waals surface area contributed by atoms with Crippen molar-refractivity contribution in [2.24, 2.45) is 0 Å². The zero-order valence-electron chi connectivity index (χ0n) is 9.91. The van der Waals surface area contributed by atoms with Crippen LogP contribution in [0.4, 0.5) is 17.6 Å². The predicted molar refractivity (Wildman–Crippen MR) is 63.8 cm³/mol. The van der Waals surface area contributed by atoms with E-state index in [0.717, 1.165) is 12.1 Å². The lowest BCUT2D eigenvalue weighted by molar-refractivity contribution is -0.139. The highest BCUT2D eigenvalue weighted by molar-refractivity contribution is 5.96. The minimum Gasteiger partial charge on any atom is -0.478 e. The lowest BCUT2D eigenvalue weighted by Crippen LogP contribution is -2.09. The molecule has 0 unspecified atom stereocenters. The number of carboxylic acids is 1. The van der Waals surface area contributed by atoms with E-state index < -0.39 is 29.1 Å². The van der Waals surface area contributed by atoms with Gasteiger partial charge in [0.15, 0.2) is 0 Å². The molecule has 0 saturated heterocycles. The number of carboxylic acid groups (broad SMARTS) is 1. The molecular weight excluding hydrogens is 276 g/mol. The molecule has 0 radical (unpaired) electrons. The molecule has 0 spiro atoms. The smallest absolute Gasteiger partial charge is 0.419 e. The van der Waals surface area contributed by atoms with E-state index in [9.17, 15) is 22.4 Å². The molecule has 0 aromatic heterocycles. The van der Waals surface area contributed by atoms with Crippen LogP contribution in [0.1, 0.15) is 15.9 Å². The SMILES string of the molecule is O=C(O)c1ccccc1-c1cccc(C(F)(F)F)c1F. The molecule has 0 amide bonds. The van der Waals surface area contributed by atoms with Crippen LogP contribution in [0.3, 0.4) is 0 Å². The van der Waals surface area contributed by atoms with E-state index in [0.29, 0.717) is 6.07 Å². The molecule has 6 heteroatoms. The average molecular weight is 284 g/mol. The van der Waals surface area contributed by atoms with Crippen molar-refractivity contribution in [1.82, 2.24) is 0 Å². The van der Waals surface area contributed by atoms with E-state index >= 15 is 0 Å². The Kier molecular flexibility index (Phi) is 3.48. The zero-order chi connectivity index (χ0) is 14.9. The fraction of sp³-hybridized carbons (Fsp3) is 0.0714. The maximum atomic E-state index is 14.0. The van der Waals surface area contributed by atoms with Crippen molar-refractivity contribution in [2.45, 2.75) is 6.18 Å². The first-order chi connectivity index (χ1) is 9.32. The summed E-state index contributed by atoms with van der Waals surface area (Å²) in [5.74, 6) is -2.81. The van der Waals surface area contributed by atoms with Gasteiger partial charge < -0.3 is 5.11 Å². The van der Waals surface area contributed by atoms with Crippen molar-refractivity contribution in [3.8, 4) is 11.1 Å². The van der Waals surface area contributed by atoms with Crippen LogP contribution in [0.2, 0.25) is 0 Å². The summed E-state index contributed by atoms with van der Waals surface area (Å²) in [7, 11) is 0. The molecule has 0 fully saturated rings. The van der Waals surface area contributed by atoms with Crippen LogP contribution in [-0.2, 0) is 6.18 Å². The molecular formula is C14H8F4O2. The minimum atomic E-state index is -4.84. The summed E-state index contributed by atoms with van der Waals surface area (Å²) < 4.78 is 51.9. The van der Waals surface area contributed by atoms with E-state index in [1.807, 2.05) is 0 Å². The van der Waals surface area contributed by atoms with E-state index in [1.165, 1.54) is 24.3 Å². The minimum absolute atomic E-state index is 0.0939. The Morgan fingerprint density at radius 1 is 0.950 bits per heavy atom. The number of carbonyl (C=O) groups is 1. The number of halogens is 4. The van der Waals surface area contributed by atoms with E-state index in [-0.39, 0.29) is 11.1 Å². The Balaban J connectivity index is 2.69. The number of aromatic carboxylic acids is 1.